The van der Waals surface area contributed by atoms with Crippen LogP contribution in [0.15, 0.2) is 30.3 Å². The van der Waals surface area contributed by atoms with Crippen molar-refractivity contribution in [1.82, 2.24) is 10.2 Å². The van der Waals surface area contributed by atoms with E-state index in [9.17, 15) is 19.5 Å². The molecule has 1 rings (SSSR count). The van der Waals surface area contributed by atoms with Crippen LogP contribution in [0.1, 0.15) is 107 Å². The number of benzene rings is 1. The summed E-state index contributed by atoms with van der Waals surface area (Å²) in [6, 6.07) is 8.54. The number of amides is 2. The predicted octanol–water partition coefficient (Wildman–Crippen LogP) is 8.31. The Labute approximate surface area is 327 Å². The molecule has 312 valence electrons. The summed E-state index contributed by atoms with van der Waals surface area (Å²) in [7, 11) is -0.494. The van der Waals surface area contributed by atoms with Crippen molar-refractivity contribution in [2.75, 3.05) is 33.6 Å². The number of rotatable bonds is 24. The number of nitrogens with one attached hydrogen (secondary N) is 1. The first-order valence-corrected chi connectivity index (χ1v) is 22.4. The number of Topliss-reactive ketones (excluding diaryl/α,β-unsaturated/α-hetero) is 1. The fraction of sp³-hybridized carbons (Fsp3) is 0.780. The highest BCUT2D eigenvalue weighted by Gasteiger charge is 2.40. The number of ketones is 1. The summed E-state index contributed by atoms with van der Waals surface area (Å²) < 4.78 is 35.2. The number of carbonyl (C=O) groups is 3. The molecule has 5 atom stereocenters. The molecule has 0 aliphatic rings. The summed E-state index contributed by atoms with van der Waals surface area (Å²) in [5, 5.41) is 14.1. The molecule has 0 saturated carbocycles. The Balaban J connectivity index is 3.09. The molecule has 0 saturated heterocycles. The van der Waals surface area contributed by atoms with Gasteiger partial charge in [0.05, 0.1) is 24.7 Å². The largest absolute Gasteiger partial charge is 0.445 e. The van der Waals surface area contributed by atoms with Crippen LogP contribution in [0.3, 0.4) is 0 Å². The lowest BCUT2D eigenvalue weighted by atomic mass is 9.92. The van der Waals surface area contributed by atoms with Crippen LogP contribution in [0.2, 0.25) is 18.1 Å². The maximum atomic E-state index is 14.1. The molecular weight excluding hydrogens is 709 g/mol. The first kappa shape index (κ1) is 49.5. The topological polar surface area (TPSA) is 142 Å². The molecule has 0 fully saturated rings. The SMILES string of the molecule is COCO[C@@H]([C@H](C)CO[Si](C)(C)C(C)(C)C)[C@@H](O[C@H](O)CC(=O)[C@@H](CC(C)C)N(CCCCNC(=O)OCc1ccccc1)C(=O)OC(C)(C)C)C(C)C. The summed E-state index contributed by atoms with van der Waals surface area (Å²) in [5.74, 6) is -0.474. The highest BCUT2D eigenvalue weighted by molar-refractivity contribution is 6.74. The van der Waals surface area contributed by atoms with E-state index < -0.39 is 50.6 Å². The highest BCUT2D eigenvalue weighted by Crippen LogP contribution is 2.37. The zero-order valence-electron chi connectivity index (χ0n) is 35.9. The van der Waals surface area contributed by atoms with Crippen molar-refractivity contribution in [1.29, 1.82) is 0 Å². The lowest BCUT2D eigenvalue weighted by molar-refractivity contribution is -0.215. The van der Waals surface area contributed by atoms with Gasteiger partial charge in [0, 0.05) is 32.7 Å². The Hall–Kier alpha value is -2.55. The predicted molar refractivity (Wildman–Crippen MR) is 214 cm³/mol. The standard InChI is InChI=1S/C41H74N2O10Si/c1-29(2)24-33(43(39(47)53-40(6,7)8)23-19-18-22-42-38(46)49-27-32-20-16-15-17-21-32)34(44)25-35(45)52-36(30(3)4)37(50-28-48-12)31(5)26-51-54(13,14)41(9,10)11/h15-17,20-21,29-31,33,35-37,45H,18-19,22-28H2,1-14H3,(H,42,46)/t31-,33-,35+,36+,37+/m1/s1. The van der Waals surface area contributed by atoms with Gasteiger partial charge < -0.3 is 38.5 Å². The zero-order valence-corrected chi connectivity index (χ0v) is 36.9. The van der Waals surface area contributed by atoms with E-state index in [-0.39, 0.29) is 54.9 Å². The number of aliphatic hydroxyl groups excluding tert-OH is 1. The molecule has 0 spiro atoms. The Morgan fingerprint density at radius 3 is 2.09 bits per heavy atom. The summed E-state index contributed by atoms with van der Waals surface area (Å²) in [6.45, 7) is 27.4. The molecule has 2 amide bonds. The van der Waals surface area contributed by atoms with Crippen LogP contribution in [0.4, 0.5) is 9.59 Å². The molecule has 0 aliphatic heterocycles. The minimum Gasteiger partial charge on any atom is -0.445 e. The van der Waals surface area contributed by atoms with Crippen LogP contribution < -0.4 is 5.32 Å². The number of alkyl carbamates (subject to hydrolysis) is 1. The number of hydrogen-bond acceptors (Lipinski definition) is 10. The van der Waals surface area contributed by atoms with Crippen molar-refractivity contribution in [2.45, 2.75) is 157 Å². The van der Waals surface area contributed by atoms with E-state index in [4.69, 9.17) is 28.1 Å². The van der Waals surface area contributed by atoms with Gasteiger partial charge >= 0.3 is 12.2 Å². The lowest BCUT2D eigenvalue weighted by Gasteiger charge is -2.40. The Morgan fingerprint density at radius 1 is 0.926 bits per heavy atom. The molecule has 0 unspecified atom stereocenters. The van der Waals surface area contributed by atoms with Gasteiger partial charge in [-0.15, -0.1) is 0 Å². The van der Waals surface area contributed by atoms with Crippen molar-refractivity contribution in [3.05, 3.63) is 35.9 Å². The molecule has 0 aromatic heterocycles. The third kappa shape index (κ3) is 18.9. The molecule has 0 heterocycles. The van der Waals surface area contributed by atoms with Crippen molar-refractivity contribution in [3.8, 4) is 0 Å². The van der Waals surface area contributed by atoms with E-state index in [1.54, 1.807) is 27.9 Å². The van der Waals surface area contributed by atoms with Gasteiger partial charge in [0.25, 0.3) is 0 Å². The number of carbonyl (C=O) groups excluding carboxylic acids is 3. The molecule has 2 N–H and O–H groups in total. The zero-order chi connectivity index (χ0) is 41.3. The van der Waals surface area contributed by atoms with Crippen molar-refractivity contribution in [3.63, 3.8) is 0 Å². The van der Waals surface area contributed by atoms with Crippen LogP contribution in [-0.2, 0) is 39.5 Å². The number of aliphatic hydroxyl groups is 1. The second kappa shape index (κ2) is 23.5. The van der Waals surface area contributed by atoms with E-state index in [0.29, 0.717) is 32.4 Å². The lowest BCUT2D eigenvalue weighted by Crippen LogP contribution is -2.50. The van der Waals surface area contributed by atoms with Crippen molar-refractivity contribution >= 4 is 26.3 Å². The molecule has 0 aliphatic carbocycles. The number of hydrogen-bond donors (Lipinski definition) is 2. The third-order valence-electron chi connectivity index (χ3n) is 9.50. The maximum absolute atomic E-state index is 14.1. The molecule has 0 radical (unpaired) electrons. The van der Waals surface area contributed by atoms with Crippen LogP contribution in [0.25, 0.3) is 0 Å². The fourth-order valence-corrected chi connectivity index (χ4v) is 6.59. The first-order chi connectivity index (χ1) is 25.0. The van der Waals surface area contributed by atoms with Gasteiger partial charge in [0.15, 0.2) is 20.4 Å². The highest BCUT2D eigenvalue weighted by atomic mass is 28.4. The van der Waals surface area contributed by atoms with Gasteiger partial charge in [-0.25, -0.2) is 9.59 Å². The number of nitrogens with zero attached hydrogens (tertiary/aromatic N) is 1. The molecule has 13 heteroatoms. The van der Waals surface area contributed by atoms with E-state index in [1.807, 2.05) is 65.0 Å². The van der Waals surface area contributed by atoms with E-state index in [1.165, 1.54) is 4.90 Å². The average molecular weight is 783 g/mol. The van der Waals surface area contributed by atoms with E-state index >= 15 is 0 Å². The second-order valence-electron chi connectivity index (χ2n) is 17.6. The maximum Gasteiger partial charge on any atom is 0.410 e. The minimum atomic E-state index is -2.05. The molecule has 1 aromatic carbocycles. The summed E-state index contributed by atoms with van der Waals surface area (Å²) in [6.07, 6.45) is -2.62. The van der Waals surface area contributed by atoms with Gasteiger partial charge in [-0.3, -0.25) is 9.69 Å². The first-order valence-electron chi connectivity index (χ1n) is 19.5. The van der Waals surface area contributed by atoms with Gasteiger partial charge in [-0.2, -0.15) is 0 Å². The molecule has 54 heavy (non-hydrogen) atoms. The normalized spacial score (nSPS) is 15.4. The minimum absolute atomic E-state index is 0.0302. The fourth-order valence-electron chi connectivity index (χ4n) is 5.48. The van der Waals surface area contributed by atoms with Gasteiger partial charge in [-0.05, 0) is 75.6 Å². The third-order valence-corrected chi connectivity index (χ3v) is 14.0. The molecular formula is C41H74N2O10Si. The Kier molecular flexibility index (Phi) is 21.5. The van der Waals surface area contributed by atoms with Crippen LogP contribution in [-0.4, -0.2) is 100 Å². The summed E-state index contributed by atoms with van der Waals surface area (Å²) in [5.41, 5.74) is 0.0948. The van der Waals surface area contributed by atoms with Crippen LogP contribution in [0, 0.1) is 17.8 Å². The average Bonchev–Trinajstić information content (AvgIpc) is 3.05. The number of ether oxygens (including phenoxy) is 5. The van der Waals surface area contributed by atoms with Gasteiger partial charge in [0.2, 0.25) is 0 Å². The molecule has 0 bridgehead atoms. The smallest absolute Gasteiger partial charge is 0.410 e. The Morgan fingerprint density at radius 2 is 1.56 bits per heavy atom. The molecule has 12 nitrogen and oxygen atoms in total. The van der Waals surface area contributed by atoms with E-state index in [2.05, 4.69) is 39.2 Å². The second-order valence-corrected chi connectivity index (χ2v) is 22.4. The van der Waals surface area contributed by atoms with Crippen LogP contribution >= 0.6 is 0 Å². The molecule has 1 aromatic rings. The summed E-state index contributed by atoms with van der Waals surface area (Å²) in [4.78, 5) is 41.4. The monoisotopic (exact) mass is 783 g/mol. The summed E-state index contributed by atoms with van der Waals surface area (Å²) >= 11 is 0. The number of methoxy groups -OCH3 is 1. The number of unbranched alkanes of at least 4 members (excludes halogenated alkanes) is 1. The van der Waals surface area contributed by atoms with Gasteiger partial charge in [0.1, 0.15) is 19.0 Å². The van der Waals surface area contributed by atoms with Crippen LogP contribution in [0.5, 0.6) is 0 Å². The van der Waals surface area contributed by atoms with E-state index in [0.717, 1.165) is 5.56 Å². The van der Waals surface area contributed by atoms with Gasteiger partial charge in [-0.1, -0.05) is 85.7 Å². The quantitative estimate of drug-likeness (QED) is 0.0598. The van der Waals surface area contributed by atoms with Crippen molar-refractivity contribution in [2.24, 2.45) is 17.8 Å². The van der Waals surface area contributed by atoms with Crippen molar-refractivity contribution < 1.29 is 47.6 Å². The Bertz CT molecular complexity index is 1230.